The van der Waals surface area contributed by atoms with E-state index in [1.54, 1.807) is 0 Å². The number of nitrogens with one attached hydrogen (secondary N) is 2. The van der Waals surface area contributed by atoms with Crippen LogP contribution in [0.25, 0.3) is 0 Å². The number of benzene rings is 1. The summed E-state index contributed by atoms with van der Waals surface area (Å²) >= 11 is 0. The van der Waals surface area contributed by atoms with Crippen molar-refractivity contribution in [1.82, 2.24) is 9.44 Å². The molecule has 1 aromatic carbocycles. The van der Waals surface area contributed by atoms with E-state index >= 15 is 0 Å². The molecule has 3 saturated carbocycles. The fourth-order valence-corrected chi connectivity index (χ4v) is 5.93. The summed E-state index contributed by atoms with van der Waals surface area (Å²) in [5, 5.41) is 0. The Balaban J connectivity index is 1.36. The van der Waals surface area contributed by atoms with Gasteiger partial charge in [-0.15, -0.1) is 0 Å². The predicted molar refractivity (Wildman–Crippen MR) is 117 cm³/mol. The largest absolute Gasteiger partial charge is 0.493 e. The van der Waals surface area contributed by atoms with E-state index in [1.165, 1.54) is 57.7 Å². The molecule has 2 atom stereocenters. The second-order valence-electron chi connectivity index (χ2n) is 9.51. The van der Waals surface area contributed by atoms with Gasteiger partial charge in [-0.25, -0.2) is 13.8 Å². The molecule has 8 heteroatoms. The third kappa shape index (κ3) is 5.77. The van der Waals surface area contributed by atoms with E-state index in [4.69, 9.17) is 4.74 Å². The molecule has 1 aromatic rings. The summed E-state index contributed by atoms with van der Waals surface area (Å²) < 4.78 is 47.5. The van der Waals surface area contributed by atoms with Crippen molar-refractivity contribution in [1.29, 1.82) is 0 Å². The summed E-state index contributed by atoms with van der Waals surface area (Å²) in [5.41, 5.74) is 0.516. The van der Waals surface area contributed by atoms with Gasteiger partial charge < -0.3 is 4.74 Å². The van der Waals surface area contributed by atoms with Gasteiger partial charge in [0.25, 0.3) is 5.91 Å². The number of halogens is 1. The Hall–Kier alpha value is -1.67. The van der Waals surface area contributed by atoms with Crippen molar-refractivity contribution in [2.75, 3.05) is 13.7 Å². The standard InChI is InChI=1S/C23H33FN2O4S/c1-25-31(28,29)26-23(27)20-13-19(18-7-8-18)22(14-21(20)24)30-9-3-6-17-11-15-4-2-5-16(10-15)12-17/h13-18,25H,2-12H2,1H3,(H,26,27). The number of ether oxygens (including phenoxy) is 1. The Labute approximate surface area is 184 Å². The van der Waals surface area contributed by atoms with Crippen molar-refractivity contribution in [3.8, 4) is 5.75 Å². The van der Waals surface area contributed by atoms with E-state index in [2.05, 4.69) is 0 Å². The van der Waals surface area contributed by atoms with Crippen molar-refractivity contribution in [3.63, 3.8) is 0 Å². The minimum absolute atomic E-state index is 0.237. The highest BCUT2D eigenvalue weighted by Crippen LogP contribution is 2.46. The molecule has 2 bridgehead atoms. The van der Waals surface area contributed by atoms with Crippen molar-refractivity contribution in [2.24, 2.45) is 17.8 Å². The lowest BCUT2D eigenvalue weighted by atomic mass is 9.67. The molecule has 2 N–H and O–H groups in total. The minimum Gasteiger partial charge on any atom is -0.493 e. The first kappa shape index (κ1) is 22.5. The van der Waals surface area contributed by atoms with Gasteiger partial charge in [-0.05, 0) is 80.2 Å². The van der Waals surface area contributed by atoms with Crippen LogP contribution in [0.5, 0.6) is 5.75 Å². The predicted octanol–water partition coefficient (Wildman–Crippen LogP) is 4.27. The summed E-state index contributed by atoms with van der Waals surface area (Å²) in [4.78, 5) is 12.3. The van der Waals surface area contributed by atoms with E-state index < -0.39 is 21.9 Å². The molecule has 6 nitrogen and oxygen atoms in total. The lowest BCUT2D eigenvalue weighted by molar-refractivity contribution is 0.0977. The van der Waals surface area contributed by atoms with Crippen LogP contribution in [0, 0.1) is 23.6 Å². The molecule has 0 heterocycles. The molecule has 0 spiro atoms. The van der Waals surface area contributed by atoms with E-state index in [0.717, 1.165) is 49.0 Å². The molecule has 1 amide bonds. The Kier molecular flexibility index (Phi) is 6.86. The van der Waals surface area contributed by atoms with Gasteiger partial charge in [0.2, 0.25) is 0 Å². The van der Waals surface area contributed by atoms with Gasteiger partial charge in [0.15, 0.2) is 0 Å². The van der Waals surface area contributed by atoms with Crippen LogP contribution in [0.15, 0.2) is 12.1 Å². The van der Waals surface area contributed by atoms with Crippen LogP contribution in [-0.4, -0.2) is 28.0 Å². The average Bonchev–Trinajstić information content (AvgIpc) is 3.56. The molecule has 3 aliphatic carbocycles. The fraction of sp³-hybridized carbons (Fsp3) is 0.696. The Morgan fingerprint density at radius 1 is 1.13 bits per heavy atom. The highest BCUT2D eigenvalue weighted by molar-refractivity contribution is 7.88. The van der Waals surface area contributed by atoms with Crippen LogP contribution in [-0.2, 0) is 10.2 Å². The van der Waals surface area contributed by atoms with Gasteiger partial charge in [-0.2, -0.15) is 8.42 Å². The first-order chi connectivity index (χ1) is 14.8. The average molecular weight is 453 g/mol. The summed E-state index contributed by atoms with van der Waals surface area (Å²) in [6.07, 6.45) is 12.3. The topological polar surface area (TPSA) is 84.5 Å². The van der Waals surface area contributed by atoms with Gasteiger partial charge in [0.05, 0.1) is 12.2 Å². The molecular formula is C23H33FN2O4S. The Morgan fingerprint density at radius 3 is 2.48 bits per heavy atom. The summed E-state index contributed by atoms with van der Waals surface area (Å²) in [5.74, 6) is 1.58. The first-order valence-corrected chi connectivity index (χ1v) is 13.0. The van der Waals surface area contributed by atoms with Crippen molar-refractivity contribution in [2.45, 2.75) is 70.1 Å². The first-order valence-electron chi connectivity index (χ1n) is 11.6. The lowest BCUT2D eigenvalue weighted by Gasteiger charge is -2.39. The molecule has 2 unspecified atom stereocenters. The molecule has 0 radical (unpaired) electrons. The maximum atomic E-state index is 14.6. The van der Waals surface area contributed by atoms with Gasteiger partial charge in [0, 0.05) is 13.1 Å². The summed E-state index contributed by atoms with van der Waals surface area (Å²) in [6, 6.07) is 2.69. The zero-order valence-electron chi connectivity index (χ0n) is 18.2. The van der Waals surface area contributed by atoms with Gasteiger partial charge in [-0.1, -0.05) is 19.3 Å². The number of rotatable bonds is 9. The number of carbonyl (C=O) groups is 1. The van der Waals surface area contributed by atoms with Crippen LogP contribution in [0.2, 0.25) is 0 Å². The zero-order valence-corrected chi connectivity index (χ0v) is 19.0. The molecule has 172 valence electrons. The summed E-state index contributed by atoms with van der Waals surface area (Å²) in [6.45, 7) is 0.532. The molecule has 31 heavy (non-hydrogen) atoms. The highest BCUT2D eigenvalue weighted by Gasteiger charge is 2.32. The number of amides is 1. The zero-order chi connectivity index (χ0) is 22.0. The van der Waals surface area contributed by atoms with Crippen LogP contribution in [0.4, 0.5) is 4.39 Å². The molecule has 0 saturated heterocycles. The Bertz CT molecular complexity index is 904. The minimum atomic E-state index is -3.99. The second-order valence-corrected chi connectivity index (χ2v) is 11.1. The monoisotopic (exact) mass is 452 g/mol. The maximum Gasteiger partial charge on any atom is 0.301 e. The molecule has 3 fully saturated rings. The lowest BCUT2D eigenvalue weighted by Crippen LogP contribution is -2.38. The fourth-order valence-electron chi connectivity index (χ4n) is 5.47. The van der Waals surface area contributed by atoms with E-state index in [-0.39, 0.29) is 11.5 Å². The number of fused-ring (bicyclic) bond motifs is 2. The van der Waals surface area contributed by atoms with Gasteiger partial charge in [0.1, 0.15) is 11.6 Å². The molecular weight excluding hydrogens is 419 g/mol. The number of hydrogen-bond donors (Lipinski definition) is 2. The normalized spacial score (nSPS) is 25.8. The van der Waals surface area contributed by atoms with Gasteiger partial charge >= 0.3 is 10.2 Å². The molecule has 0 aliphatic heterocycles. The Morgan fingerprint density at radius 2 is 1.84 bits per heavy atom. The molecule has 0 aromatic heterocycles. The maximum absolute atomic E-state index is 14.6. The smallest absolute Gasteiger partial charge is 0.301 e. The van der Waals surface area contributed by atoms with E-state index in [1.807, 2.05) is 9.44 Å². The molecule has 4 rings (SSSR count). The number of hydrogen-bond acceptors (Lipinski definition) is 4. The quantitative estimate of drug-likeness (QED) is 0.548. The van der Waals surface area contributed by atoms with Crippen molar-refractivity contribution in [3.05, 3.63) is 29.1 Å². The highest BCUT2D eigenvalue weighted by atomic mass is 32.2. The third-order valence-electron chi connectivity index (χ3n) is 7.10. The van der Waals surface area contributed by atoms with Crippen LogP contribution in [0.1, 0.15) is 86.0 Å². The third-order valence-corrected chi connectivity index (χ3v) is 8.09. The number of carbonyl (C=O) groups excluding carboxylic acids is 1. The van der Waals surface area contributed by atoms with Crippen molar-refractivity contribution < 1.29 is 22.3 Å². The SMILES string of the molecule is CNS(=O)(=O)NC(=O)c1cc(C2CC2)c(OCCCC2CC3CCCC(C2)C3)cc1F. The van der Waals surface area contributed by atoms with Crippen LogP contribution < -0.4 is 14.2 Å². The van der Waals surface area contributed by atoms with E-state index in [0.29, 0.717) is 12.4 Å². The second kappa shape index (κ2) is 9.45. The van der Waals surface area contributed by atoms with Crippen molar-refractivity contribution >= 4 is 16.1 Å². The van der Waals surface area contributed by atoms with Crippen LogP contribution in [0.3, 0.4) is 0 Å². The van der Waals surface area contributed by atoms with Gasteiger partial charge in [-0.3, -0.25) is 4.79 Å². The summed E-state index contributed by atoms with van der Waals surface area (Å²) in [7, 11) is -2.81. The van der Waals surface area contributed by atoms with E-state index in [9.17, 15) is 17.6 Å². The molecule has 3 aliphatic rings. The van der Waals surface area contributed by atoms with Crippen LogP contribution >= 0.6 is 0 Å².